The maximum atomic E-state index is 11.6. The average molecular weight is 324 g/mol. The first-order valence-corrected chi connectivity index (χ1v) is 8.36. The smallest absolute Gasteiger partial charge is 0.314 e. The van der Waals surface area contributed by atoms with Crippen LogP contribution >= 0.6 is 0 Å². The third-order valence-corrected chi connectivity index (χ3v) is 4.31. The lowest BCUT2D eigenvalue weighted by molar-refractivity contribution is 0.162. The Morgan fingerprint density at radius 1 is 1.35 bits per heavy atom. The van der Waals surface area contributed by atoms with Gasteiger partial charge < -0.3 is 20.2 Å². The maximum Gasteiger partial charge on any atom is 0.314 e. The van der Waals surface area contributed by atoms with E-state index in [9.17, 15) is 4.79 Å². The summed E-state index contributed by atoms with van der Waals surface area (Å²) < 4.78 is 5.63. The van der Waals surface area contributed by atoms with Crippen molar-refractivity contribution in [2.75, 3.05) is 32.8 Å². The summed E-state index contributed by atoms with van der Waals surface area (Å²) in [4.78, 5) is 18.3. The lowest BCUT2D eigenvalue weighted by Gasteiger charge is -2.31. The van der Waals surface area contributed by atoms with Crippen molar-refractivity contribution in [1.29, 1.82) is 0 Å². The van der Waals surface area contributed by atoms with Gasteiger partial charge in [-0.2, -0.15) is 0 Å². The second kappa shape index (κ2) is 8.88. The molecular weight excluding hydrogens is 296 g/mol. The summed E-state index contributed by atoms with van der Waals surface area (Å²) in [5.74, 6) is 2.20. The molecule has 1 aliphatic heterocycles. The lowest BCUT2D eigenvalue weighted by atomic mass is 9.97. The second-order valence-corrected chi connectivity index (χ2v) is 6.18. The highest BCUT2D eigenvalue weighted by atomic mass is 16.4. The lowest BCUT2D eigenvalue weighted by Crippen LogP contribution is -2.42. The molecule has 0 aliphatic carbocycles. The zero-order chi connectivity index (χ0) is 16.7. The van der Waals surface area contributed by atoms with Crippen molar-refractivity contribution < 1.29 is 14.3 Å². The molecule has 7 heteroatoms. The van der Waals surface area contributed by atoms with Gasteiger partial charge in [-0.25, -0.2) is 9.78 Å². The molecule has 7 nitrogen and oxygen atoms in total. The van der Waals surface area contributed by atoms with Gasteiger partial charge in [0.1, 0.15) is 5.76 Å². The standard InChI is InChI=1S/C16H28N4O3/c1-12-13(2)23-15(19-12)11-20-7-4-14(5-8-20)10-18-16(22)17-6-3-9-21/h14,21H,3-11H2,1-2H3,(H2,17,18,22). The van der Waals surface area contributed by atoms with Crippen LogP contribution in [0.1, 0.15) is 36.6 Å². The van der Waals surface area contributed by atoms with E-state index >= 15 is 0 Å². The van der Waals surface area contributed by atoms with Crippen molar-refractivity contribution in [3.8, 4) is 0 Å². The molecule has 0 spiro atoms. The van der Waals surface area contributed by atoms with Crippen molar-refractivity contribution >= 4 is 6.03 Å². The summed E-state index contributed by atoms with van der Waals surface area (Å²) in [6.45, 7) is 7.98. The molecular formula is C16H28N4O3. The molecule has 1 fully saturated rings. The van der Waals surface area contributed by atoms with Gasteiger partial charge in [0.05, 0.1) is 12.2 Å². The fourth-order valence-corrected chi connectivity index (χ4v) is 2.73. The molecule has 1 saturated heterocycles. The van der Waals surface area contributed by atoms with Gasteiger partial charge in [0.2, 0.25) is 5.89 Å². The van der Waals surface area contributed by atoms with Crippen LogP contribution in [0, 0.1) is 19.8 Å². The number of aliphatic hydroxyl groups is 1. The van der Waals surface area contributed by atoms with Gasteiger partial charge in [-0.05, 0) is 52.1 Å². The van der Waals surface area contributed by atoms with Crippen LogP contribution in [0.4, 0.5) is 4.79 Å². The van der Waals surface area contributed by atoms with E-state index in [1.165, 1.54) is 0 Å². The van der Waals surface area contributed by atoms with Crippen LogP contribution in [-0.2, 0) is 6.54 Å². The summed E-state index contributed by atoms with van der Waals surface area (Å²) >= 11 is 0. The number of piperidine rings is 1. The molecule has 3 N–H and O–H groups in total. The Balaban J connectivity index is 1.63. The van der Waals surface area contributed by atoms with Crippen molar-refractivity contribution in [3.63, 3.8) is 0 Å². The first kappa shape index (κ1) is 17.7. The second-order valence-electron chi connectivity index (χ2n) is 6.18. The van der Waals surface area contributed by atoms with E-state index in [2.05, 4.69) is 20.5 Å². The number of aromatic nitrogens is 1. The van der Waals surface area contributed by atoms with Crippen LogP contribution in [-0.4, -0.2) is 53.8 Å². The van der Waals surface area contributed by atoms with Gasteiger partial charge in [-0.15, -0.1) is 0 Å². The summed E-state index contributed by atoms with van der Waals surface area (Å²) in [6, 6.07) is -0.147. The molecule has 0 unspecified atom stereocenters. The van der Waals surface area contributed by atoms with E-state index in [4.69, 9.17) is 9.52 Å². The number of amides is 2. The van der Waals surface area contributed by atoms with Crippen LogP contribution in [0.3, 0.4) is 0 Å². The van der Waals surface area contributed by atoms with E-state index in [1.54, 1.807) is 0 Å². The minimum absolute atomic E-state index is 0.0995. The molecule has 2 heterocycles. The first-order valence-electron chi connectivity index (χ1n) is 8.36. The molecule has 1 aliphatic rings. The number of aryl methyl sites for hydroxylation is 2. The minimum Gasteiger partial charge on any atom is -0.444 e. The van der Waals surface area contributed by atoms with Crippen molar-refractivity contribution in [2.45, 2.75) is 39.7 Å². The highest BCUT2D eigenvalue weighted by molar-refractivity contribution is 5.73. The number of likely N-dealkylation sites (tertiary alicyclic amines) is 1. The molecule has 1 aromatic heterocycles. The predicted octanol–water partition coefficient (Wildman–Crippen LogP) is 1.19. The fourth-order valence-electron chi connectivity index (χ4n) is 2.73. The van der Waals surface area contributed by atoms with Crippen LogP contribution in [0.15, 0.2) is 4.42 Å². The van der Waals surface area contributed by atoms with Crippen LogP contribution in [0.2, 0.25) is 0 Å². The summed E-state index contributed by atoms with van der Waals surface area (Å²) in [7, 11) is 0. The summed E-state index contributed by atoms with van der Waals surface area (Å²) in [5.41, 5.74) is 0.964. The number of nitrogens with zero attached hydrogens (tertiary/aromatic N) is 2. The average Bonchev–Trinajstić information content (AvgIpc) is 2.85. The predicted molar refractivity (Wildman–Crippen MR) is 87.1 cm³/mol. The highest BCUT2D eigenvalue weighted by Crippen LogP contribution is 2.19. The molecule has 23 heavy (non-hydrogen) atoms. The van der Waals surface area contributed by atoms with Crippen LogP contribution < -0.4 is 10.6 Å². The first-order chi connectivity index (χ1) is 11.1. The molecule has 130 valence electrons. The monoisotopic (exact) mass is 324 g/mol. The normalized spacial score (nSPS) is 16.5. The van der Waals surface area contributed by atoms with Gasteiger partial charge in [-0.3, -0.25) is 4.90 Å². The van der Waals surface area contributed by atoms with Crippen molar-refractivity contribution in [1.82, 2.24) is 20.5 Å². The zero-order valence-electron chi connectivity index (χ0n) is 14.1. The molecule has 0 saturated carbocycles. The quantitative estimate of drug-likeness (QED) is 0.655. The summed E-state index contributed by atoms with van der Waals surface area (Å²) in [6.07, 6.45) is 2.72. The van der Waals surface area contributed by atoms with Crippen LogP contribution in [0.5, 0.6) is 0 Å². The Hall–Kier alpha value is -1.60. The Labute approximate surface area is 137 Å². The topological polar surface area (TPSA) is 90.6 Å². The highest BCUT2D eigenvalue weighted by Gasteiger charge is 2.21. The Bertz CT molecular complexity index is 476. The molecule has 2 rings (SSSR count). The molecule has 2 amide bonds. The number of rotatable bonds is 7. The Morgan fingerprint density at radius 2 is 2.09 bits per heavy atom. The van der Waals surface area contributed by atoms with Crippen molar-refractivity contribution in [3.05, 3.63) is 17.3 Å². The van der Waals surface area contributed by atoms with E-state index in [-0.39, 0.29) is 12.6 Å². The van der Waals surface area contributed by atoms with Gasteiger partial charge >= 0.3 is 6.03 Å². The Kier molecular flexibility index (Phi) is 6.85. The summed E-state index contributed by atoms with van der Waals surface area (Å²) in [5, 5.41) is 14.3. The number of aliphatic hydroxyl groups excluding tert-OH is 1. The van der Waals surface area contributed by atoms with Crippen LogP contribution in [0.25, 0.3) is 0 Å². The van der Waals surface area contributed by atoms with Gasteiger partial charge in [-0.1, -0.05) is 0 Å². The Morgan fingerprint density at radius 3 is 2.70 bits per heavy atom. The molecule has 0 atom stereocenters. The largest absolute Gasteiger partial charge is 0.444 e. The molecule has 0 radical (unpaired) electrons. The van der Waals surface area contributed by atoms with Gasteiger partial charge in [0, 0.05) is 19.7 Å². The zero-order valence-corrected chi connectivity index (χ0v) is 14.1. The molecule has 0 aromatic carbocycles. The number of hydrogen-bond acceptors (Lipinski definition) is 5. The van der Waals surface area contributed by atoms with E-state index in [1.807, 2.05) is 13.8 Å². The SMILES string of the molecule is Cc1nc(CN2CCC(CNC(=O)NCCCO)CC2)oc1C. The number of urea groups is 1. The number of carbonyl (C=O) groups is 1. The van der Waals surface area contributed by atoms with E-state index in [0.29, 0.717) is 25.4 Å². The van der Waals surface area contributed by atoms with E-state index in [0.717, 1.165) is 49.8 Å². The van der Waals surface area contributed by atoms with Gasteiger partial charge in [0.25, 0.3) is 0 Å². The minimum atomic E-state index is -0.147. The van der Waals surface area contributed by atoms with Crippen molar-refractivity contribution in [2.24, 2.45) is 5.92 Å². The third kappa shape index (κ3) is 5.84. The van der Waals surface area contributed by atoms with E-state index < -0.39 is 0 Å². The molecule has 1 aromatic rings. The van der Waals surface area contributed by atoms with Gasteiger partial charge in [0.15, 0.2) is 0 Å². The third-order valence-electron chi connectivity index (χ3n) is 4.31. The fraction of sp³-hybridized carbons (Fsp3) is 0.750. The number of oxazole rings is 1. The molecule has 0 bridgehead atoms. The number of carbonyl (C=O) groups excluding carboxylic acids is 1. The maximum absolute atomic E-state index is 11.6. The number of hydrogen-bond donors (Lipinski definition) is 3. The number of nitrogens with one attached hydrogen (secondary N) is 2.